The Morgan fingerprint density at radius 1 is 0.444 bits per heavy atom. The van der Waals surface area contributed by atoms with Crippen molar-refractivity contribution in [3.63, 3.8) is 0 Å². The highest BCUT2D eigenvalue weighted by Gasteiger charge is 1.91. The Labute approximate surface area is 117 Å². The van der Waals surface area contributed by atoms with Gasteiger partial charge < -0.3 is 0 Å². The lowest BCUT2D eigenvalue weighted by atomic mass is 10.1. The van der Waals surface area contributed by atoms with Crippen molar-refractivity contribution in [3.8, 4) is 11.1 Å². The molecule has 0 spiro atoms. The third-order valence-corrected chi connectivity index (χ3v) is 3.82. The molecule has 0 bridgehead atoms. The maximum Gasteiger partial charge on any atom is -0.0181 e. The molecular weight excluding hydrogens is 256 g/mol. The van der Waals surface area contributed by atoms with Crippen molar-refractivity contribution in [1.29, 1.82) is 0 Å². The summed E-state index contributed by atoms with van der Waals surface area (Å²) in [6, 6.07) is 20.8. The molecule has 2 heteroatoms. The van der Waals surface area contributed by atoms with Crippen LogP contribution in [0.3, 0.4) is 0 Å². The van der Waals surface area contributed by atoms with Crippen molar-refractivity contribution >= 4 is 23.5 Å². The first-order chi connectivity index (χ1) is 8.97. The summed E-state index contributed by atoms with van der Waals surface area (Å²) in [7, 11) is 0. The number of benzene rings is 2. The second kappa shape index (κ2) is 7.85. The predicted octanol–water partition coefficient (Wildman–Crippen LogP) is 5.76. The number of rotatable bonds is 1. The molecule has 0 nitrogen and oxygen atoms in total. The maximum absolute atomic E-state index is 2.12. The Morgan fingerprint density at radius 2 is 0.778 bits per heavy atom. The van der Waals surface area contributed by atoms with E-state index in [1.54, 1.807) is 23.5 Å². The van der Waals surface area contributed by atoms with E-state index in [0.29, 0.717) is 0 Å². The molecule has 90 valence electrons. The van der Waals surface area contributed by atoms with Crippen LogP contribution in [0.25, 0.3) is 11.1 Å². The normalized spacial score (nSPS) is 12.7. The van der Waals surface area contributed by atoms with Gasteiger partial charge in [-0.25, -0.2) is 0 Å². The van der Waals surface area contributed by atoms with Gasteiger partial charge in [-0.15, -0.1) is 23.5 Å². The first kappa shape index (κ1) is 13.1. The molecule has 2 aromatic rings. The van der Waals surface area contributed by atoms with Crippen LogP contribution in [-0.4, -0.2) is 0 Å². The number of hydrogen-bond donors (Lipinski definition) is 0. The van der Waals surface area contributed by atoms with Gasteiger partial charge in [-0.1, -0.05) is 60.7 Å². The van der Waals surface area contributed by atoms with Crippen LogP contribution in [0.1, 0.15) is 0 Å². The molecule has 0 saturated heterocycles. The number of hydrogen-bond acceptors (Lipinski definition) is 2. The molecule has 1 aliphatic rings. The summed E-state index contributed by atoms with van der Waals surface area (Å²) in [5, 5.41) is 8.24. The molecule has 0 radical (unpaired) electrons. The zero-order valence-corrected chi connectivity index (χ0v) is 11.5. The fourth-order valence-corrected chi connectivity index (χ4v) is 2.69. The molecule has 1 heterocycles. The van der Waals surface area contributed by atoms with Crippen molar-refractivity contribution in [2.24, 2.45) is 0 Å². The molecule has 18 heavy (non-hydrogen) atoms. The van der Waals surface area contributed by atoms with E-state index in [1.807, 2.05) is 12.1 Å². The van der Waals surface area contributed by atoms with Crippen LogP contribution >= 0.6 is 23.5 Å². The van der Waals surface area contributed by atoms with Crippen LogP contribution in [0, 0.1) is 0 Å². The lowest BCUT2D eigenvalue weighted by Crippen LogP contribution is -1.73. The highest BCUT2D eigenvalue weighted by molar-refractivity contribution is 8.11. The molecule has 0 N–H and O–H groups in total. The maximum atomic E-state index is 2.12. The third kappa shape index (κ3) is 4.47. The summed E-state index contributed by atoms with van der Waals surface area (Å²) in [5.41, 5.74) is 2.55. The van der Waals surface area contributed by atoms with Crippen LogP contribution in [0.15, 0.2) is 82.3 Å². The fraction of sp³-hybridized carbons (Fsp3) is 0. The Balaban J connectivity index is 0.000000169. The van der Waals surface area contributed by atoms with E-state index >= 15 is 0 Å². The topological polar surface area (TPSA) is 0 Å². The molecule has 0 aliphatic carbocycles. The van der Waals surface area contributed by atoms with Gasteiger partial charge in [-0.2, -0.15) is 0 Å². The smallest absolute Gasteiger partial charge is 0.0181 e. The molecule has 2 aromatic carbocycles. The van der Waals surface area contributed by atoms with Gasteiger partial charge in [0.2, 0.25) is 0 Å². The molecule has 0 atom stereocenters. The minimum absolute atomic E-state index is 1.28. The molecular formula is C16H14S2. The third-order valence-electron chi connectivity index (χ3n) is 2.31. The van der Waals surface area contributed by atoms with Crippen LogP contribution in [0.5, 0.6) is 0 Å². The van der Waals surface area contributed by atoms with Crippen LogP contribution < -0.4 is 0 Å². The summed E-state index contributed by atoms with van der Waals surface area (Å²) in [4.78, 5) is 0. The molecule has 3 rings (SSSR count). The van der Waals surface area contributed by atoms with Gasteiger partial charge in [-0.05, 0) is 32.8 Å². The Bertz CT molecular complexity index is 444. The van der Waals surface area contributed by atoms with Crippen LogP contribution in [0.2, 0.25) is 0 Å². The van der Waals surface area contributed by atoms with Crippen molar-refractivity contribution in [2.75, 3.05) is 0 Å². The zero-order chi connectivity index (χ0) is 12.5. The van der Waals surface area contributed by atoms with E-state index < -0.39 is 0 Å². The standard InChI is InChI=1S/C12H10.C4H4S2/c1-3-7-11(8-4-1)12-9-5-2-6-10-12;1-2-6-4-3-5-1/h1-10H;1-4H. The van der Waals surface area contributed by atoms with Gasteiger partial charge in [0.25, 0.3) is 0 Å². The first-order valence-electron chi connectivity index (χ1n) is 5.68. The van der Waals surface area contributed by atoms with Crippen LogP contribution in [0.4, 0.5) is 0 Å². The highest BCUT2D eigenvalue weighted by atomic mass is 32.2. The summed E-state index contributed by atoms with van der Waals surface area (Å²) in [6.07, 6.45) is 0. The van der Waals surface area contributed by atoms with Gasteiger partial charge >= 0.3 is 0 Å². The molecule has 1 aliphatic heterocycles. The number of thioether (sulfide) groups is 2. The van der Waals surface area contributed by atoms with Crippen LogP contribution in [-0.2, 0) is 0 Å². The van der Waals surface area contributed by atoms with Crippen molar-refractivity contribution < 1.29 is 0 Å². The first-order valence-corrected chi connectivity index (χ1v) is 7.57. The van der Waals surface area contributed by atoms with E-state index in [-0.39, 0.29) is 0 Å². The Morgan fingerprint density at radius 3 is 1.06 bits per heavy atom. The average Bonchev–Trinajstić information content (AvgIpc) is 2.51. The molecule has 0 fully saturated rings. The molecule has 0 amide bonds. The largest absolute Gasteiger partial charge is 0.105 e. The van der Waals surface area contributed by atoms with E-state index in [2.05, 4.69) is 70.2 Å². The monoisotopic (exact) mass is 270 g/mol. The fourth-order valence-electron chi connectivity index (χ4n) is 1.48. The van der Waals surface area contributed by atoms with Gasteiger partial charge in [0.1, 0.15) is 0 Å². The van der Waals surface area contributed by atoms with Crippen molar-refractivity contribution in [2.45, 2.75) is 0 Å². The van der Waals surface area contributed by atoms with Gasteiger partial charge in [0, 0.05) is 0 Å². The SMILES string of the molecule is C1=CSC=CS1.c1ccc(-c2ccccc2)cc1. The van der Waals surface area contributed by atoms with E-state index in [1.165, 1.54) is 11.1 Å². The van der Waals surface area contributed by atoms with E-state index in [9.17, 15) is 0 Å². The van der Waals surface area contributed by atoms with E-state index in [4.69, 9.17) is 0 Å². The van der Waals surface area contributed by atoms with E-state index in [0.717, 1.165) is 0 Å². The minimum atomic E-state index is 1.28. The Hall–Kier alpha value is -1.38. The second-order valence-corrected chi connectivity index (χ2v) is 5.18. The summed E-state index contributed by atoms with van der Waals surface area (Å²) in [6.45, 7) is 0. The molecule has 0 saturated carbocycles. The van der Waals surface area contributed by atoms with Gasteiger partial charge in [0.05, 0.1) is 0 Å². The molecule has 0 aromatic heterocycles. The quantitative estimate of drug-likeness (QED) is 0.646. The van der Waals surface area contributed by atoms with Crippen molar-refractivity contribution in [1.82, 2.24) is 0 Å². The highest BCUT2D eigenvalue weighted by Crippen LogP contribution is 2.18. The average molecular weight is 270 g/mol. The lowest BCUT2D eigenvalue weighted by Gasteiger charge is -1.98. The van der Waals surface area contributed by atoms with Crippen molar-refractivity contribution in [3.05, 3.63) is 82.3 Å². The summed E-state index contributed by atoms with van der Waals surface area (Å²) >= 11 is 3.43. The molecule has 0 unspecified atom stereocenters. The second-order valence-electron chi connectivity index (χ2n) is 3.55. The predicted molar refractivity (Wildman–Crippen MR) is 85.3 cm³/mol. The summed E-state index contributed by atoms with van der Waals surface area (Å²) < 4.78 is 0. The Kier molecular flexibility index (Phi) is 5.70. The summed E-state index contributed by atoms with van der Waals surface area (Å²) in [5.74, 6) is 0. The van der Waals surface area contributed by atoms with Gasteiger partial charge in [0.15, 0.2) is 0 Å². The minimum Gasteiger partial charge on any atom is -0.105 e. The zero-order valence-electron chi connectivity index (χ0n) is 9.90. The van der Waals surface area contributed by atoms with Gasteiger partial charge in [-0.3, -0.25) is 0 Å². The lowest BCUT2D eigenvalue weighted by molar-refractivity contribution is 1.62.